The van der Waals surface area contributed by atoms with Crippen molar-refractivity contribution in [1.82, 2.24) is 4.72 Å². The molecule has 2 aromatic rings. The second kappa shape index (κ2) is 9.89. The molecule has 3 rings (SSSR count). The molecule has 1 fully saturated rings. The molecule has 1 aliphatic rings. The fourth-order valence-electron chi connectivity index (χ4n) is 3.38. The Hall–Kier alpha value is -1.97. The van der Waals surface area contributed by atoms with Gasteiger partial charge in [-0.25, -0.2) is 17.5 Å². The summed E-state index contributed by atoms with van der Waals surface area (Å²) in [6, 6.07) is 8.79. The molecular weight excluding hydrogens is 475 g/mol. The summed E-state index contributed by atoms with van der Waals surface area (Å²) in [4.78, 5) is 12.2. The van der Waals surface area contributed by atoms with Gasteiger partial charge in [0.2, 0.25) is 10.0 Å². The summed E-state index contributed by atoms with van der Waals surface area (Å²) < 4.78 is 47.9. The maximum absolute atomic E-state index is 13.8. The van der Waals surface area contributed by atoms with Crippen LogP contribution in [0.5, 0.6) is 5.75 Å². The van der Waals surface area contributed by atoms with Crippen LogP contribution in [-0.2, 0) is 14.8 Å². The van der Waals surface area contributed by atoms with E-state index < -0.39 is 21.7 Å². The number of hydrogen-bond donors (Lipinski definition) is 2. The van der Waals surface area contributed by atoms with Gasteiger partial charge in [-0.15, -0.1) is 0 Å². The van der Waals surface area contributed by atoms with E-state index >= 15 is 0 Å². The van der Waals surface area contributed by atoms with Gasteiger partial charge in [0, 0.05) is 10.5 Å². The Morgan fingerprint density at radius 3 is 2.57 bits per heavy atom. The summed E-state index contributed by atoms with van der Waals surface area (Å²) in [6.45, 7) is 1.38. The molecule has 0 saturated heterocycles. The number of amides is 1. The van der Waals surface area contributed by atoms with Gasteiger partial charge < -0.3 is 10.1 Å². The molecule has 0 aromatic heterocycles. The fraction of sp³-hybridized carbons (Fsp3) is 0.381. The van der Waals surface area contributed by atoms with Crippen LogP contribution in [0.25, 0.3) is 0 Å². The van der Waals surface area contributed by atoms with E-state index in [1.165, 1.54) is 30.3 Å². The Balaban J connectivity index is 1.60. The van der Waals surface area contributed by atoms with Crippen molar-refractivity contribution >= 4 is 37.5 Å². The highest BCUT2D eigenvalue weighted by Crippen LogP contribution is 2.24. The van der Waals surface area contributed by atoms with Crippen molar-refractivity contribution in [3.63, 3.8) is 0 Å². The Kier molecular flexibility index (Phi) is 7.49. The van der Waals surface area contributed by atoms with Gasteiger partial charge in [0.15, 0.2) is 6.61 Å². The molecule has 0 aliphatic heterocycles. The van der Waals surface area contributed by atoms with Gasteiger partial charge in [0.1, 0.15) is 11.6 Å². The first-order chi connectivity index (χ1) is 14.2. The molecule has 0 atom stereocenters. The molecule has 0 heterocycles. The van der Waals surface area contributed by atoms with Crippen LogP contribution in [0.2, 0.25) is 0 Å². The van der Waals surface area contributed by atoms with Gasteiger partial charge >= 0.3 is 0 Å². The van der Waals surface area contributed by atoms with E-state index in [-0.39, 0.29) is 23.2 Å². The fourth-order valence-corrected chi connectivity index (χ4v) is 5.10. The normalized spacial score (nSPS) is 15.0. The van der Waals surface area contributed by atoms with Gasteiger partial charge in [0.25, 0.3) is 5.91 Å². The number of hydrogen-bond acceptors (Lipinski definition) is 4. The molecule has 1 aliphatic carbocycles. The lowest BCUT2D eigenvalue weighted by Gasteiger charge is -2.22. The van der Waals surface area contributed by atoms with Crippen LogP contribution in [0.1, 0.15) is 37.7 Å². The van der Waals surface area contributed by atoms with Crippen LogP contribution in [0.15, 0.2) is 45.8 Å². The minimum atomic E-state index is -3.61. The number of aryl methyl sites for hydroxylation is 1. The van der Waals surface area contributed by atoms with Gasteiger partial charge in [0.05, 0.1) is 10.6 Å². The molecule has 30 heavy (non-hydrogen) atoms. The molecule has 1 saturated carbocycles. The van der Waals surface area contributed by atoms with E-state index in [1.807, 2.05) is 0 Å². The quantitative estimate of drug-likeness (QED) is 0.587. The van der Waals surface area contributed by atoms with Gasteiger partial charge in [-0.2, -0.15) is 0 Å². The van der Waals surface area contributed by atoms with E-state index in [1.54, 1.807) is 13.0 Å². The second-order valence-electron chi connectivity index (χ2n) is 7.34. The Labute approximate surface area is 184 Å². The number of benzene rings is 2. The minimum Gasteiger partial charge on any atom is -0.483 e. The van der Waals surface area contributed by atoms with Gasteiger partial charge in [-0.05, 0) is 61.7 Å². The van der Waals surface area contributed by atoms with Crippen molar-refractivity contribution in [2.75, 3.05) is 11.9 Å². The zero-order chi connectivity index (χ0) is 21.7. The third-order valence-corrected chi connectivity index (χ3v) is 6.96. The summed E-state index contributed by atoms with van der Waals surface area (Å²) in [5.74, 6) is -0.696. The highest BCUT2D eigenvalue weighted by molar-refractivity contribution is 9.10. The monoisotopic (exact) mass is 498 g/mol. The third kappa shape index (κ3) is 6.02. The predicted molar refractivity (Wildman–Crippen MR) is 117 cm³/mol. The smallest absolute Gasteiger partial charge is 0.262 e. The number of carbonyl (C=O) groups excluding carboxylic acids is 1. The average molecular weight is 499 g/mol. The Bertz CT molecular complexity index is 1020. The molecule has 162 valence electrons. The van der Waals surface area contributed by atoms with E-state index in [9.17, 15) is 17.6 Å². The molecule has 0 unspecified atom stereocenters. The number of sulfonamides is 1. The summed E-state index contributed by atoms with van der Waals surface area (Å²) in [7, 11) is -3.61. The van der Waals surface area contributed by atoms with E-state index in [0.717, 1.165) is 32.1 Å². The number of anilines is 1. The molecule has 0 radical (unpaired) electrons. The number of carbonyl (C=O) groups is 1. The molecule has 2 aromatic carbocycles. The van der Waals surface area contributed by atoms with E-state index in [4.69, 9.17) is 4.74 Å². The molecule has 0 bridgehead atoms. The lowest BCUT2D eigenvalue weighted by molar-refractivity contribution is -0.118. The SMILES string of the molecule is Cc1cc(S(=O)(=O)NC2CCCCC2)ccc1OCC(=O)Nc1ccc(Br)cc1F. The lowest BCUT2D eigenvalue weighted by atomic mass is 9.96. The Morgan fingerprint density at radius 1 is 1.17 bits per heavy atom. The van der Waals surface area contributed by atoms with E-state index in [0.29, 0.717) is 15.8 Å². The van der Waals surface area contributed by atoms with Crippen LogP contribution in [-0.4, -0.2) is 27.0 Å². The maximum Gasteiger partial charge on any atom is 0.262 e. The number of halogens is 2. The first-order valence-corrected chi connectivity index (χ1v) is 12.0. The minimum absolute atomic E-state index is 0.0253. The van der Waals surface area contributed by atoms with Crippen molar-refractivity contribution in [2.24, 2.45) is 0 Å². The van der Waals surface area contributed by atoms with E-state index in [2.05, 4.69) is 26.0 Å². The number of ether oxygens (including phenoxy) is 1. The highest BCUT2D eigenvalue weighted by Gasteiger charge is 2.22. The van der Waals surface area contributed by atoms with Gasteiger partial charge in [-0.3, -0.25) is 4.79 Å². The summed E-state index contributed by atoms with van der Waals surface area (Å²) in [5.41, 5.74) is 0.642. The van der Waals surface area contributed by atoms with Crippen molar-refractivity contribution in [3.8, 4) is 5.75 Å². The summed E-state index contributed by atoms with van der Waals surface area (Å²) in [6.07, 6.45) is 4.92. The van der Waals surface area contributed by atoms with Crippen molar-refractivity contribution in [1.29, 1.82) is 0 Å². The van der Waals surface area contributed by atoms with Crippen LogP contribution >= 0.6 is 15.9 Å². The summed E-state index contributed by atoms with van der Waals surface area (Å²) >= 11 is 3.15. The standard InChI is InChI=1S/C21H24BrFN2O4S/c1-14-11-17(30(27,28)25-16-5-3-2-4-6-16)8-10-20(14)29-13-21(26)24-19-9-7-15(22)12-18(19)23/h7-12,16,25H,2-6,13H2,1H3,(H,24,26). The molecule has 6 nitrogen and oxygen atoms in total. The molecule has 1 amide bonds. The molecule has 2 N–H and O–H groups in total. The topological polar surface area (TPSA) is 84.5 Å². The van der Waals surface area contributed by atoms with Crippen LogP contribution < -0.4 is 14.8 Å². The third-order valence-electron chi connectivity index (χ3n) is 4.95. The molecule has 9 heteroatoms. The number of rotatable bonds is 7. The van der Waals surface area contributed by atoms with Crippen molar-refractivity contribution in [2.45, 2.75) is 50.0 Å². The van der Waals surface area contributed by atoms with Gasteiger partial charge in [-0.1, -0.05) is 35.2 Å². The zero-order valence-corrected chi connectivity index (χ0v) is 19.0. The van der Waals surface area contributed by atoms with Crippen LogP contribution in [0.3, 0.4) is 0 Å². The van der Waals surface area contributed by atoms with Crippen molar-refractivity contribution < 1.29 is 22.3 Å². The average Bonchev–Trinajstić information content (AvgIpc) is 2.69. The lowest BCUT2D eigenvalue weighted by Crippen LogP contribution is -2.36. The maximum atomic E-state index is 13.8. The Morgan fingerprint density at radius 2 is 1.90 bits per heavy atom. The predicted octanol–water partition coefficient (Wildman–Crippen LogP) is 4.53. The first-order valence-electron chi connectivity index (χ1n) is 9.75. The van der Waals surface area contributed by atoms with Crippen LogP contribution in [0.4, 0.5) is 10.1 Å². The van der Waals surface area contributed by atoms with Crippen molar-refractivity contribution in [3.05, 3.63) is 52.3 Å². The first kappa shape index (κ1) is 22.7. The largest absolute Gasteiger partial charge is 0.483 e. The number of nitrogens with one attached hydrogen (secondary N) is 2. The second-order valence-corrected chi connectivity index (χ2v) is 9.97. The summed E-state index contributed by atoms with van der Waals surface area (Å²) in [5, 5.41) is 2.44. The highest BCUT2D eigenvalue weighted by atomic mass is 79.9. The zero-order valence-electron chi connectivity index (χ0n) is 16.6. The molecular formula is C21H24BrFN2O4S. The molecule has 0 spiro atoms. The van der Waals surface area contributed by atoms with Crippen LogP contribution in [0, 0.1) is 12.7 Å².